The zero-order valence-electron chi connectivity index (χ0n) is 9.89. The third-order valence-corrected chi connectivity index (χ3v) is 1.99. The predicted molar refractivity (Wildman–Crippen MR) is 60.9 cm³/mol. The topological polar surface area (TPSA) is 56.5 Å². The Morgan fingerprint density at radius 2 is 2.12 bits per heavy atom. The Hall–Kier alpha value is -1.91. The number of carbonyl (C=O) groups excluding carboxylic acids is 1. The molecule has 0 fully saturated rings. The van der Waals surface area contributed by atoms with Gasteiger partial charge in [0.15, 0.2) is 11.4 Å². The van der Waals surface area contributed by atoms with Crippen molar-refractivity contribution in [3.63, 3.8) is 0 Å². The van der Waals surface area contributed by atoms with Gasteiger partial charge in [-0.2, -0.15) is 0 Å². The zero-order valence-corrected chi connectivity index (χ0v) is 9.89. The molecule has 2 aromatic rings. The summed E-state index contributed by atoms with van der Waals surface area (Å²) in [5.41, 5.74) is 1.19. The number of pyridine rings is 1. The minimum absolute atomic E-state index is 0.0440. The van der Waals surface area contributed by atoms with Gasteiger partial charge in [-0.15, -0.1) is 10.2 Å². The van der Waals surface area contributed by atoms with Gasteiger partial charge >= 0.3 is 0 Å². The molecule has 0 aliphatic carbocycles. The molecule has 0 atom stereocenters. The van der Waals surface area contributed by atoms with Crippen molar-refractivity contribution in [2.24, 2.45) is 0 Å². The first kappa shape index (κ1) is 12.2. The fraction of sp³-hybridized carbons (Fsp3) is 0.364. The van der Waals surface area contributed by atoms with E-state index in [4.69, 9.17) is 4.74 Å². The summed E-state index contributed by atoms with van der Waals surface area (Å²) in [6.07, 6.45) is 3.21. The van der Waals surface area contributed by atoms with Crippen LogP contribution in [0.5, 0.6) is 5.75 Å². The molecule has 2 aromatic heterocycles. The highest BCUT2D eigenvalue weighted by atomic mass is 16.5. The number of nitrogens with zero attached hydrogens (tertiary/aromatic N) is 3. The molecule has 5 nitrogen and oxygen atoms in total. The van der Waals surface area contributed by atoms with Crippen LogP contribution < -0.4 is 4.74 Å². The number of rotatable bonds is 2. The van der Waals surface area contributed by atoms with E-state index >= 15 is 0 Å². The van der Waals surface area contributed by atoms with Gasteiger partial charge < -0.3 is 4.74 Å². The van der Waals surface area contributed by atoms with Crippen LogP contribution in [0.25, 0.3) is 5.65 Å². The standard InChI is InChI=1S/C9H9N3O2.C2H6/c1-6(13)7-4-12-5-10-11-9(12)3-8(7)14-2;1-2/h3-5H,1-2H3;1-2H3. The van der Waals surface area contributed by atoms with Gasteiger partial charge in [-0.25, -0.2) is 0 Å². The van der Waals surface area contributed by atoms with E-state index in [0.29, 0.717) is 17.0 Å². The van der Waals surface area contributed by atoms with Crippen molar-refractivity contribution in [1.82, 2.24) is 14.6 Å². The van der Waals surface area contributed by atoms with Crippen molar-refractivity contribution in [2.45, 2.75) is 20.8 Å². The Morgan fingerprint density at radius 3 is 2.69 bits per heavy atom. The van der Waals surface area contributed by atoms with Crippen molar-refractivity contribution in [3.8, 4) is 5.75 Å². The van der Waals surface area contributed by atoms with E-state index in [-0.39, 0.29) is 5.78 Å². The third-order valence-electron chi connectivity index (χ3n) is 1.99. The number of ketones is 1. The van der Waals surface area contributed by atoms with Crippen LogP contribution in [-0.4, -0.2) is 27.5 Å². The molecule has 0 unspecified atom stereocenters. The SMILES string of the molecule is CC.COc1cc2nncn2cc1C(C)=O. The maximum Gasteiger partial charge on any atom is 0.165 e. The fourth-order valence-electron chi connectivity index (χ4n) is 1.29. The van der Waals surface area contributed by atoms with Crippen molar-refractivity contribution in [2.75, 3.05) is 7.11 Å². The van der Waals surface area contributed by atoms with Gasteiger partial charge in [0.1, 0.15) is 12.1 Å². The third kappa shape index (κ3) is 2.18. The molecule has 0 spiro atoms. The Kier molecular flexibility index (Phi) is 3.99. The quantitative estimate of drug-likeness (QED) is 0.727. The highest BCUT2D eigenvalue weighted by molar-refractivity contribution is 5.96. The normalized spacial score (nSPS) is 9.50. The summed E-state index contributed by atoms with van der Waals surface area (Å²) in [4.78, 5) is 11.3. The van der Waals surface area contributed by atoms with E-state index in [2.05, 4.69) is 10.2 Å². The van der Waals surface area contributed by atoms with Gasteiger partial charge in [-0.3, -0.25) is 9.20 Å². The Bertz CT molecular complexity index is 491. The monoisotopic (exact) mass is 221 g/mol. The molecule has 0 aliphatic heterocycles. The maximum atomic E-state index is 11.3. The lowest BCUT2D eigenvalue weighted by Crippen LogP contribution is -2.00. The summed E-state index contributed by atoms with van der Waals surface area (Å²) in [6, 6.07) is 1.68. The summed E-state index contributed by atoms with van der Waals surface area (Å²) in [5.74, 6) is 0.482. The molecule has 0 N–H and O–H groups in total. The molecule has 0 saturated heterocycles. The molecular weight excluding hydrogens is 206 g/mol. The van der Waals surface area contributed by atoms with E-state index < -0.39 is 0 Å². The Balaban J connectivity index is 0.000000606. The molecule has 0 aliphatic rings. The van der Waals surface area contributed by atoms with Crippen LogP contribution >= 0.6 is 0 Å². The van der Waals surface area contributed by atoms with Crippen molar-refractivity contribution in [3.05, 3.63) is 24.2 Å². The number of hydrogen-bond acceptors (Lipinski definition) is 4. The molecule has 16 heavy (non-hydrogen) atoms. The van der Waals surface area contributed by atoms with Crippen molar-refractivity contribution < 1.29 is 9.53 Å². The van der Waals surface area contributed by atoms with Gasteiger partial charge in [-0.05, 0) is 6.92 Å². The van der Waals surface area contributed by atoms with Crippen LogP contribution in [0.2, 0.25) is 0 Å². The molecule has 0 radical (unpaired) electrons. The second kappa shape index (κ2) is 5.25. The first-order chi connectivity index (χ1) is 7.72. The Labute approximate surface area is 94.1 Å². The maximum absolute atomic E-state index is 11.3. The largest absolute Gasteiger partial charge is 0.496 e. The molecule has 0 saturated carbocycles. The van der Waals surface area contributed by atoms with E-state index in [1.54, 1.807) is 23.0 Å². The summed E-state index contributed by atoms with van der Waals surface area (Å²) < 4.78 is 6.76. The molecule has 0 amide bonds. The lowest BCUT2D eigenvalue weighted by atomic mass is 10.2. The minimum atomic E-state index is -0.0440. The van der Waals surface area contributed by atoms with Crippen molar-refractivity contribution in [1.29, 1.82) is 0 Å². The summed E-state index contributed by atoms with van der Waals surface area (Å²) in [7, 11) is 1.52. The number of methoxy groups -OCH3 is 1. The molecule has 0 bridgehead atoms. The highest BCUT2D eigenvalue weighted by Crippen LogP contribution is 2.19. The average molecular weight is 221 g/mol. The van der Waals surface area contributed by atoms with Crippen LogP contribution in [-0.2, 0) is 0 Å². The molecule has 2 heterocycles. The van der Waals surface area contributed by atoms with E-state index in [9.17, 15) is 4.79 Å². The van der Waals surface area contributed by atoms with Crippen LogP contribution in [0.1, 0.15) is 31.1 Å². The van der Waals surface area contributed by atoms with Crippen LogP contribution in [0.15, 0.2) is 18.6 Å². The lowest BCUT2D eigenvalue weighted by Gasteiger charge is -2.05. The summed E-state index contributed by atoms with van der Waals surface area (Å²) in [6.45, 7) is 5.49. The molecule has 5 heteroatoms. The number of Topliss-reactive ketones (excluding diaryl/α,β-unsaturated/α-hetero) is 1. The number of hydrogen-bond donors (Lipinski definition) is 0. The molecule has 2 rings (SSSR count). The van der Waals surface area contributed by atoms with E-state index in [1.165, 1.54) is 14.0 Å². The second-order valence-electron chi connectivity index (χ2n) is 2.91. The first-order valence-corrected chi connectivity index (χ1v) is 5.10. The minimum Gasteiger partial charge on any atom is -0.496 e. The Morgan fingerprint density at radius 1 is 1.44 bits per heavy atom. The number of fused-ring (bicyclic) bond motifs is 1. The van der Waals surface area contributed by atoms with Gasteiger partial charge in [-0.1, -0.05) is 13.8 Å². The van der Waals surface area contributed by atoms with Gasteiger partial charge in [0.05, 0.1) is 12.7 Å². The van der Waals surface area contributed by atoms with Crippen LogP contribution in [0.3, 0.4) is 0 Å². The molecular formula is C11H15N3O2. The van der Waals surface area contributed by atoms with Gasteiger partial charge in [0.25, 0.3) is 0 Å². The van der Waals surface area contributed by atoms with Gasteiger partial charge in [0, 0.05) is 12.3 Å². The number of aromatic nitrogens is 3. The van der Waals surface area contributed by atoms with Crippen LogP contribution in [0.4, 0.5) is 0 Å². The molecule has 86 valence electrons. The smallest absolute Gasteiger partial charge is 0.165 e. The fourth-order valence-corrected chi connectivity index (χ4v) is 1.29. The molecule has 0 aromatic carbocycles. The van der Waals surface area contributed by atoms with Crippen molar-refractivity contribution >= 4 is 11.4 Å². The van der Waals surface area contributed by atoms with Gasteiger partial charge in [0.2, 0.25) is 0 Å². The summed E-state index contributed by atoms with van der Waals surface area (Å²) >= 11 is 0. The summed E-state index contributed by atoms with van der Waals surface area (Å²) in [5, 5.41) is 7.57. The van der Waals surface area contributed by atoms with E-state index in [1.807, 2.05) is 13.8 Å². The number of carbonyl (C=O) groups is 1. The van der Waals surface area contributed by atoms with E-state index in [0.717, 1.165) is 0 Å². The lowest BCUT2D eigenvalue weighted by molar-refractivity contribution is 0.101. The predicted octanol–water partition coefficient (Wildman–Crippen LogP) is 1.97. The average Bonchev–Trinajstić information content (AvgIpc) is 2.76. The zero-order chi connectivity index (χ0) is 12.1. The second-order valence-corrected chi connectivity index (χ2v) is 2.91. The number of ether oxygens (including phenoxy) is 1. The highest BCUT2D eigenvalue weighted by Gasteiger charge is 2.10. The van der Waals surface area contributed by atoms with Crippen LogP contribution in [0, 0.1) is 0 Å². The first-order valence-electron chi connectivity index (χ1n) is 5.10.